The maximum absolute atomic E-state index is 12.6. The Bertz CT molecular complexity index is 729. The first-order valence-electron chi connectivity index (χ1n) is 8.08. The van der Waals surface area contributed by atoms with E-state index in [0.717, 1.165) is 0 Å². The summed E-state index contributed by atoms with van der Waals surface area (Å²) in [4.78, 5) is 13.3. The van der Waals surface area contributed by atoms with E-state index in [1.807, 2.05) is 0 Å². The smallest absolute Gasteiger partial charge is 0.223 e. The van der Waals surface area contributed by atoms with Crippen LogP contribution in [0.5, 0.6) is 11.5 Å². The van der Waals surface area contributed by atoms with E-state index in [0.29, 0.717) is 21.5 Å². The molecule has 1 amide bonds. The number of halogens is 2. The molecule has 1 unspecified atom stereocenters. The molecule has 2 aliphatic rings. The van der Waals surface area contributed by atoms with Crippen molar-refractivity contribution in [1.82, 2.24) is 4.90 Å². The zero-order valence-corrected chi connectivity index (χ0v) is 17.7. The molecular formula is C17H21Br2NO6. The van der Waals surface area contributed by atoms with Gasteiger partial charge in [0.05, 0.1) is 29.6 Å². The van der Waals surface area contributed by atoms with Gasteiger partial charge in [0.15, 0.2) is 11.5 Å². The standard InChI is InChI=1S/C17H21Br2NO6/c1-20(2)10(21)6-17-8-4-7(18)5-9(25-3)14(8)26-16(17)11(19)12(22)13(23)15(17)24/h4-5,11-13,15-16,22-24H,6H2,1-3H3/t11?,12-,13+,15+,16-,17+/m1/s1. The van der Waals surface area contributed by atoms with Crippen molar-refractivity contribution in [3.8, 4) is 11.5 Å². The Hall–Kier alpha value is -0.870. The van der Waals surface area contributed by atoms with Crippen LogP contribution >= 0.6 is 31.9 Å². The lowest BCUT2D eigenvalue weighted by Gasteiger charge is -2.48. The number of amides is 1. The Balaban J connectivity index is 2.24. The van der Waals surface area contributed by atoms with Crippen molar-refractivity contribution in [2.45, 2.75) is 41.1 Å². The first kappa shape index (κ1) is 19.9. The van der Waals surface area contributed by atoms with Crippen molar-refractivity contribution in [3.05, 3.63) is 22.2 Å². The number of fused-ring (bicyclic) bond motifs is 3. The third kappa shape index (κ3) is 2.75. The molecule has 3 N–H and O–H groups in total. The fourth-order valence-corrected chi connectivity index (χ4v) is 5.15. The lowest BCUT2D eigenvalue weighted by Crippen LogP contribution is -2.67. The van der Waals surface area contributed by atoms with E-state index in [-0.39, 0.29) is 12.3 Å². The Kier molecular flexibility index (Phi) is 5.31. The second kappa shape index (κ2) is 6.94. The molecule has 9 heteroatoms. The molecule has 0 spiro atoms. The normalized spacial score (nSPS) is 35.3. The predicted molar refractivity (Wildman–Crippen MR) is 101 cm³/mol. The van der Waals surface area contributed by atoms with Gasteiger partial charge < -0.3 is 29.7 Å². The number of aliphatic hydroxyl groups is 3. The van der Waals surface area contributed by atoms with Crippen LogP contribution in [0.25, 0.3) is 0 Å². The molecule has 0 bridgehead atoms. The Labute approximate surface area is 168 Å². The minimum Gasteiger partial charge on any atom is -0.493 e. The summed E-state index contributed by atoms with van der Waals surface area (Å²) < 4.78 is 12.2. The zero-order chi connectivity index (χ0) is 19.4. The number of ether oxygens (including phenoxy) is 2. The van der Waals surface area contributed by atoms with Crippen LogP contribution in [0.1, 0.15) is 12.0 Å². The zero-order valence-electron chi connectivity index (χ0n) is 14.5. The van der Waals surface area contributed by atoms with Crippen LogP contribution in [0.4, 0.5) is 0 Å². The highest BCUT2D eigenvalue weighted by Crippen LogP contribution is 2.57. The Morgan fingerprint density at radius 3 is 2.54 bits per heavy atom. The number of aliphatic hydroxyl groups excluding tert-OH is 3. The number of rotatable bonds is 3. The van der Waals surface area contributed by atoms with Crippen molar-refractivity contribution >= 4 is 37.8 Å². The molecule has 0 aromatic heterocycles. The van der Waals surface area contributed by atoms with Gasteiger partial charge in [0.2, 0.25) is 5.91 Å². The number of hydrogen-bond acceptors (Lipinski definition) is 6. The maximum atomic E-state index is 12.6. The molecule has 1 aliphatic heterocycles. The fourth-order valence-electron chi connectivity index (χ4n) is 3.82. The fraction of sp³-hybridized carbons (Fsp3) is 0.588. The monoisotopic (exact) mass is 493 g/mol. The van der Waals surface area contributed by atoms with Crippen LogP contribution in [0.2, 0.25) is 0 Å². The van der Waals surface area contributed by atoms with Crippen molar-refractivity contribution in [1.29, 1.82) is 0 Å². The van der Waals surface area contributed by atoms with Gasteiger partial charge in [-0.3, -0.25) is 4.79 Å². The Morgan fingerprint density at radius 1 is 1.31 bits per heavy atom. The summed E-state index contributed by atoms with van der Waals surface area (Å²) in [5.41, 5.74) is -0.674. The summed E-state index contributed by atoms with van der Waals surface area (Å²) in [5.74, 6) is 0.612. The van der Waals surface area contributed by atoms with Gasteiger partial charge in [-0.25, -0.2) is 0 Å². The molecule has 7 nitrogen and oxygen atoms in total. The molecule has 1 aliphatic carbocycles. The molecule has 0 radical (unpaired) electrons. The number of benzene rings is 1. The number of carbonyl (C=O) groups excluding carboxylic acids is 1. The van der Waals surface area contributed by atoms with Crippen LogP contribution in [-0.4, -0.2) is 76.6 Å². The quantitative estimate of drug-likeness (QED) is 0.537. The van der Waals surface area contributed by atoms with E-state index in [1.165, 1.54) is 12.0 Å². The summed E-state index contributed by atoms with van der Waals surface area (Å²) in [7, 11) is 4.74. The largest absolute Gasteiger partial charge is 0.493 e. The van der Waals surface area contributed by atoms with Crippen LogP contribution in [-0.2, 0) is 10.2 Å². The molecule has 1 saturated carbocycles. The second-order valence-corrected chi connectivity index (χ2v) is 8.87. The number of methoxy groups -OCH3 is 1. The third-order valence-corrected chi connectivity index (χ3v) is 6.73. The molecule has 6 atom stereocenters. The topological polar surface area (TPSA) is 99.5 Å². The lowest BCUT2D eigenvalue weighted by molar-refractivity contribution is -0.155. The van der Waals surface area contributed by atoms with Crippen molar-refractivity contribution in [2.24, 2.45) is 0 Å². The average molecular weight is 495 g/mol. The first-order valence-corrected chi connectivity index (χ1v) is 9.79. The second-order valence-electron chi connectivity index (χ2n) is 6.90. The number of hydrogen-bond donors (Lipinski definition) is 3. The number of carbonyl (C=O) groups is 1. The van der Waals surface area contributed by atoms with Gasteiger partial charge in [-0.2, -0.15) is 0 Å². The van der Waals surface area contributed by atoms with E-state index < -0.39 is 34.7 Å². The van der Waals surface area contributed by atoms with Gasteiger partial charge in [0.1, 0.15) is 12.2 Å². The highest BCUT2D eigenvalue weighted by atomic mass is 79.9. The highest BCUT2D eigenvalue weighted by Gasteiger charge is 2.65. The van der Waals surface area contributed by atoms with Crippen molar-refractivity contribution < 1.29 is 29.6 Å². The van der Waals surface area contributed by atoms with Crippen LogP contribution < -0.4 is 9.47 Å². The summed E-state index contributed by atoms with van der Waals surface area (Å²) in [6, 6.07) is 3.48. The van der Waals surface area contributed by atoms with Crippen LogP contribution in [0.15, 0.2) is 16.6 Å². The minimum atomic E-state index is -1.44. The highest BCUT2D eigenvalue weighted by molar-refractivity contribution is 9.10. The predicted octanol–water partition coefficient (Wildman–Crippen LogP) is 0.795. The maximum Gasteiger partial charge on any atom is 0.223 e. The van der Waals surface area contributed by atoms with E-state index in [4.69, 9.17) is 9.47 Å². The summed E-state index contributed by atoms with van der Waals surface area (Å²) in [6.45, 7) is 0. The molecular weight excluding hydrogens is 474 g/mol. The van der Waals surface area contributed by atoms with Gasteiger partial charge in [0.25, 0.3) is 0 Å². The van der Waals surface area contributed by atoms with E-state index >= 15 is 0 Å². The molecule has 0 saturated heterocycles. The SMILES string of the molecule is COc1cc(Br)cc2c1O[C@@H]1C(Br)[C@@H](O)[C@H](O)[C@H](O)[C@]21CC(=O)N(C)C. The molecule has 3 rings (SSSR count). The third-order valence-electron chi connectivity index (χ3n) is 5.25. The summed E-state index contributed by atoms with van der Waals surface area (Å²) >= 11 is 6.81. The van der Waals surface area contributed by atoms with Gasteiger partial charge in [-0.05, 0) is 12.1 Å². The lowest BCUT2D eigenvalue weighted by atomic mass is 9.62. The van der Waals surface area contributed by atoms with E-state index in [9.17, 15) is 20.1 Å². The van der Waals surface area contributed by atoms with Gasteiger partial charge >= 0.3 is 0 Å². The number of nitrogens with zero attached hydrogens (tertiary/aromatic N) is 1. The minimum absolute atomic E-state index is 0.0929. The molecule has 1 fully saturated rings. The number of alkyl halides is 1. The molecule has 1 aromatic rings. The molecule has 1 aromatic carbocycles. The average Bonchev–Trinajstić information content (AvgIpc) is 2.92. The van der Waals surface area contributed by atoms with Crippen molar-refractivity contribution in [3.63, 3.8) is 0 Å². The van der Waals surface area contributed by atoms with Gasteiger partial charge in [-0.15, -0.1) is 0 Å². The molecule has 1 heterocycles. The van der Waals surface area contributed by atoms with Crippen LogP contribution in [0, 0.1) is 0 Å². The van der Waals surface area contributed by atoms with Gasteiger partial charge in [0, 0.05) is 30.6 Å². The van der Waals surface area contributed by atoms with Crippen molar-refractivity contribution in [2.75, 3.05) is 21.2 Å². The summed E-state index contributed by atoms with van der Waals surface area (Å²) in [5, 5.41) is 31.7. The van der Waals surface area contributed by atoms with E-state index in [2.05, 4.69) is 31.9 Å². The first-order chi connectivity index (χ1) is 12.1. The van der Waals surface area contributed by atoms with E-state index in [1.54, 1.807) is 26.2 Å². The summed E-state index contributed by atoms with van der Waals surface area (Å²) in [6.07, 6.45) is -4.95. The van der Waals surface area contributed by atoms with Crippen LogP contribution in [0.3, 0.4) is 0 Å². The Morgan fingerprint density at radius 2 is 1.96 bits per heavy atom. The molecule has 26 heavy (non-hydrogen) atoms. The van der Waals surface area contributed by atoms with Gasteiger partial charge in [-0.1, -0.05) is 31.9 Å². The molecule has 144 valence electrons.